The minimum Gasteiger partial charge on any atom is -0.497 e. The van der Waals surface area contributed by atoms with Crippen molar-refractivity contribution in [3.8, 4) is 45.1 Å². The van der Waals surface area contributed by atoms with Crippen molar-refractivity contribution in [2.75, 3.05) is 14.2 Å². The third kappa shape index (κ3) is 3.85. The van der Waals surface area contributed by atoms with Gasteiger partial charge >= 0.3 is 0 Å². The van der Waals surface area contributed by atoms with E-state index in [1.807, 2.05) is 48.5 Å². The van der Waals surface area contributed by atoms with Crippen molar-refractivity contribution in [3.05, 3.63) is 90.5 Å². The van der Waals surface area contributed by atoms with Gasteiger partial charge in [0.05, 0.1) is 25.3 Å². The van der Waals surface area contributed by atoms with Gasteiger partial charge in [0, 0.05) is 22.3 Å². The summed E-state index contributed by atoms with van der Waals surface area (Å²) in [5.74, 6) is 2.32. The number of carbonyl (C=O) groups is 1. The van der Waals surface area contributed by atoms with E-state index in [0.717, 1.165) is 62.5 Å². The molecule has 5 rings (SSSR count). The lowest BCUT2D eigenvalue weighted by Gasteiger charge is -2.10. The lowest BCUT2D eigenvalue weighted by atomic mass is 9.97. The molecule has 0 spiro atoms. The van der Waals surface area contributed by atoms with Crippen molar-refractivity contribution in [1.82, 2.24) is 9.97 Å². The van der Waals surface area contributed by atoms with E-state index >= 15 is 0 Å². The molecule has 0 aliphatic carbocycles. The van der Waals surface area contributed by atoms with Crippen molar-refractivity contribution in [1.29, 1.82) is 0 Å². The number of hydrogen-bond donors (Lipinski definition) is 1. The summed E-state index contributed by atoms with van der Waals surface area (Å²) in [4.78, 5) is 19.6. The van der Waals surface area contributed by atoms with E-state index in [9.17, 15) is 4.79 Å². The van der Waals surface area contributed by atoms with Crippen LogP contribution in [0.1, 0.15) is 10.4 Å². The molecule has 1 N–H and O–H groups in total. The number of carbonyl (C=O) groups excluding carboxylic acids is 1. The molecule has 5 heteroatoms. The molecule has 0 atom stereocenters. The molecular weight excluding hydrogens is 412 g/mol. The first-order valence-electron chi connectivity index (χ1n) is 10.6. The van der Waals surface area contributed by atoms with Gasteiger partial charge < -0.3 is 14.5 Å². The largest absolute Gasteiger partial charge is 0.497 e. The summed E-state index contributed by atoms with van der Waals surface area (Å²) in [5.41, 5.74) is 7.40. The Hall–Kier alpha value is -4.38. The third-order valence-corrected chi connectivity index (χ3v) is 5.73. The molecular formula is C28H22N2O3. The van der Waals surface area contributed by atoms with Gasteiger partial charge in [-0.1, -0.05) is 60.7 Å². The smallest absolute Gasteiger partial charge is 0.150 e. The Bertz CT molecular complexity index is 1370. The van der Waals surface area contributed by atoms with Gasteiger partial charge in [0.15, 0.2) is 0 Å². The number of hydrogen-bond acceptors (Lipinski definition) is 4. The van der Waals surface area contributed by atoms with Gasteiger partial charge in [0.2, 0.25) is 0 Å². The van der Waals surface area contributed by atoms with Crippen LogP contribution in [0.3, 0.4) is 0 Å². The number of nitrogens with one attached hydrogen (secondary N) is 1. The number of aromatic amines is 1. The molecule has 33 heavy (non-hydrogen) atoms. The maximum absolute atomic E-state index is 11.1. The summed E-state index contributed by atoms with van der Waals surface area (Å²) < 4.78 is 10.9. The standard InChI is InChI=1S/C28H22N2O3/c1-32-22-7-3-5-20(15-22)24-13-14-25(21-6-4-8-23(16-21)33-2)27-26(24)29-28(30-27)19-11-9-18(17-31)10-12-19/h3-17H,1-2H3,(H,29,30). The Morgan fingerprint density at radius 1 is 0.727 bits per heavy atom. The summed E-state index contributed by atoms with van der Waals surface area (Å²) in [6.07, 6.45) is 0.838. The van der Waals surface area contributed by atoms with Gasteiger partial charge in [-0.2, -0.15) is 0 Å². The highest BCUT2D eigenvalue weighted by Crippen LogP contribution is 2.37. The minimum atomic E-state index is 0.629. The van der Waals surface area contributed by atoms with Crippen molar-refractivity contribution in [3.63, 3.8) is 0 Å². The van der Waals surface area contributed by atoms with Crippen LogP contribution in [-0.2, 0) is 0 Å². The predicted molar refractivity (Wildman–Crippen MR) is 131 cm³/mol. The second kappa shape index (κ2) is 8.63. The average Bonchev–Trinajstić information content (AvgIpc) is 3.33. The third-order valence-electron chi connectivity index (χ3n) is 5.73. The van der Waals surface area contributed by atoms with Crippen molar-refractivity contribution in [2.24, 2.45) is 0 Å². The molecule has 162 valence electrons. The molecule has 1 aromatic heterocycles. The first kappa shape index (κ1) is 20.5. The van der Waals surface area contributed by atoms with Crippen molar-refractivity contribution in [2.45, 2.75) is 0 Å². The number of nitrogens with zero attached hydrogens (tertiary/aromatic N) is 1. The van der Waals surface area contributed by atoms with Crippen LogP contribution in [-0.4, -0.2) is 30.5 Å². The lowest BCUT2D eigenvalue weighted by molar-refractivity contribution is 0.112. The first-order valence-corrected chi connectivity index (χ1v) is 10.6. The highest BCUT2D eigenvalue weighted by molar-refractivity contribution is 6.02. The van der Waals surface area contributed by atoms with Gasteiger partial charge in [-0.05, 0) is 35.4 Å². The zero-order valence-corrected chi connectivity index (χ0v) is 18.3. The SMILES string of the molecule is COc1cccc(-c2ccc(-c3cccc(OC)c3)c3[nH]c(-c4ccc(C=O)cc4)nc23)c1. The zero-order chi connectivity index (χ0) is 22.8. The fourth-order valence-electron chi connectivity index (χ4n) is 4.00. The maximum atomic E-state index is 11.1. The normalized spacial score (nSPS) is 10.8. The number of H-pyrrole nitrogens is 1. The molecule has 0 unspecified atom stereocenters. The average molecular weight is 434 g/mol. The summed E-state index contributed by atoms with van der Waals surface area (Å²) in [6, 6.07) is 27.5. The van der Waals surface area contributed by atoms with Crippen molar-refractivity contribution >= 4 is 17.3 Å². The summed E-state index contributed by atoms with van der Waals surface area (Å²) >= 11 is 0. The van der Waals surface area contributed by atoms with E-state index in [1.165, 1.54) is 0 Å². The number of aldehydes is 1. The Labute approximate surface area is 191 Å². The van der Waals surface area contributed by atoms with Gasteiger partial charge in [0.1, 0.15) is 23.6 Å². The zero-order valence-electron chi connectivity index (χ0n) is 18.3. The molecule has 1 heterocycles. The molecule has 0 aliphatic heterocycles. The monoisotopic (exact) mass is 434 g/mol. The number of ether oxygens (including phenoxy) is 2. The van der Waals surface area contributed by atoms with E-state index in [2.05, 4.69) is 29.2 Å². The number of imidazole rings is 1. The molecule has 0 aliphatic rings. The maximum Gasteiger partial charge on any atom is 0.150 e. The van der Waals surface area contributed by atoms with E-state index in [1.54, 1.807) is 26.4 Å². The van der Waals surface area contributed by atoms with E-state index < -0.39 is 0 Å². The second-order valence-electron chi connectivity index (χ2n) is 7.67. The van der Waals surface area contributed by atoms with Crippen LogP contribution in [0.2, 0.25) is 0 Å². The topological polar surface area (TPSA) is 64.2 Å². The van der Waals surface area contributed by atoms with Gasteiger partial charge in [-0.3, -0.25) is 4.79 Å². The molecule has 5 aromatic rings. The molecule has 0 saturated heterocycles. The van der Waals surface area contributed by atoms with Crippen LogP contribution in [0, 0.1) is 0 Å². The quantitative estimate of drug-likeness (QED) is 0.314. The van der Waals surface area contributed by atoms with Crippen LogP contribution in [0.4, 0.5) is 0 Å². The summed E-state index contributed by atoms with van der Waals surface area (Å²) in [6.45, 7) is 0. The highest BCUT2D eigenvalue weighted by Gasteiger charge is 2.16. The fourth-order valence-corrected chi connectivity index (χ4v) is 4.00. The molecule has 4 aromatic carbocycles. The molecule has 0 radical (unpaired) electrons. The summed E-state index contributed by atoms with van der Waals surface area (Å²) in [7, 11) is 3.33. The predicted octanol–water partition coefficient (Wildman–Crippen LogP) is 6.39. The van der Waals surface area contributed by atoms with Crippen LogP contribution < -0.4 is 9.47 Å². The van der Waals surface area contributed by atoms with E-state index in [-0.39, 0.29) is 0 Å². The Morgan fingerprint density at radius 2 is 1.33 bits per heavy atom. The molecule has 0 amide bonds. The number of fused-ring (bicyclic) bond motifs is 1. The Morgan fingerprint density at radius 3 is 1.94 bits per heavy atom. The lowest BCUT2D eigenvalue weighted by Crippen LogP contribution is -1.88. The number of aromatic nitrogens is 2. The molecule has 5 nitrogen and oxygen atoms in total. The Kier molecular flexibility index (Phi) is 5.37. The number of benzene rings is 4. The molecule has 0 bridgehead atoms. The number of methoxy groups -OCH3 is 2. The molecule has 0 fully saturated rings. The molecule has 0 saturated carbocycles. The first-order chi connectivity index (χ1) is 16.2. The van der Waals surface area contributed by atoms with Crippen LogP contribution in [0.15, 0.2) is 84.9 Å². The van der Waals surface area contributed by atoms with Crippen molar-refractivity contribution < 1.29 is 14.3 Å². The van der Waals surface area contributed by atoms with E-state index in [4.69, 9.17) is 14.5 Å². The highest BCUT2D eigenvalue weighted by atomic mass is 16.5. The minimum absolute atomic E-state index is 0.629. The van der Waals surface area contributed by atoms with E-state index in [0.29, 0.717) is 5.56 Å². The van der Waals surface area contributed by atoms with Gasteiger partial charge in [-0.25, -0.2) is 4.98 Å². The Balaban J connectivity index is 1.74. The van der Waals surface area contributed by atoms with Gasteiger partial charge in [0.25, 0.3) is 0 Å². The van der Waals surface area contributed by atoms with Gasteiger partial charge in [-0.15, -0.1) is 0 Å². The van der Waals surface area contributed by atoms with Crippen LogP contribution in [0.25, 0.3) is 44.7 Å². The number of rotatable bonds is 6. The summed E-state index contributed by atoms with van der Waals surface area (Å²) in [5, 5.41) is 0. The fraction of sp³-hybridized carbons (Fsp3) is 0.0714. The second-order valence-corrected chi connectivity index (χ2v) is 7.67. The van der Waals surface area contributed by atoms with Crippen LogP contribution >= 0.6 is 0 Å². The van der Waals surface area contributed by atoms with Crippen LogP contribution in [0.5, 0.6) is 11.5 Å².